The lowest BCUT2D eigenvalue weighted by Gasteiger charge is -2.39. The Hall–Kier alpha value is -2.28. The summed E-state index contributed by atoms with van der Waals surface area (Å²) >= 11 is 0. The minimum Gasteiger partial charge on any atom is -0.505 e. The molecule has 2 N–H and O–H groups in total. The van der Waals surface area contributed by atoms with Gasteiger partial charge in [0, 0.05) is 50.7 Å². The molecule has 2 aliphatic heterocycles. The molecule has 0 amide bonds. The summed E-state index contributed by atoms with van der Waals surface area (Å²) in [6.45, 7) is 4.41. The fourth-order valence-corrected chi connectivity index (χ4v) is 4.05. The molecule has 1 unspecified atom stereocenters. The molecule has 142 valence electrons. The Kier molecular flexibility index (Phi) is 5.48. The Morgan fingerprint density at radius 1 is 1.07 bits per heavy atom. The van der Waals surface area contributed by atoms with Gasteiger partial charge in [0.15, 0.2) is 0 Å². The molecular weight excluding hydrogens is 340 g/mol. The van der Waals surface area contributed by atoms with Crippen LogP contribution < -0.4 is 0 Å². The molecule has 2 aromatic rings. The minimum absolute atomic E-state index is 0.107. The zero-order chi connectivity index (χ0) is 18.6. The third-order valence-electron chi connectivity index (χ3n) is 5.48. The van der Waals surface area contributed by atoms with E-state index in [0.717, 1.165) is 55.8 Å². The molecule has 1 atom stereocenters. The van der Waals surface area contributed by atoms with Gasteiger partial charge in [0.1, 0.15) is 11.4 Å². The molecular formula is C21H26N4O2. The van der Waals surface area contributed by atoms with E-state index in [2.05, 4.69) is 25.8 Å². The van der Waals surface area contributed by atoms with Crippen LogP contribution in [0.1, 0.15) is 29.3 Å². The van der Waals surface area contributed by atoms with E-state index in [4.69, 9.17) is 0 Å². The molecule has 6 nitrogen and oxygen atoms in total. The van der Waals surface area contributed by atoms with Gasteiger partial charge in [-0.15, -0.1) is 0 Å². The Morgan fingerprint density at radius 3 is 2.67 bits per heavy atom. The van der Waals surface area contributed by atoms with Gasteiger partial charge >= 0.3 is 0 Å². The predicted octanol–water partition coefficient (Wildman–Crippen LogP) is 2.13. The fraction of sp³-hybridized carbons (Fsp3) is 0.429. The number of phenolic OH excluding ortho intramolecular Hbond substituents is 1. The Bertz CT molecular complexity index is 801. The second kappa shape index (κ2) is 8.17. The maximum absolute atomic E-state index is 11.0. The van der Waals surface area contributed by atoms with Crippen LogP contribution >= 0.6 is 0 Å². The molecule has 3 heterocycles. The molecule has 1 fully saturated rings. The lowest BCUT2D eigenvalue weighted by molar-refractivity contribution is 0.0927. The second-order valence-electron chi connectivity index (χ2n) is 7.12. The van der Waals surface area contributed by atoms with Crippen molar-refractivity contribution >= 4 is 11.9 Å². The normalized spacial score (nSPS) is 19.0. The summed E-state index contributed by atoms with van der Waals surface area (Å²) in [7, 11) is 0. The van der Waals surface area contributed by atoms with Crippen molar-refractivity contribution in [2.75, 3.05) is 39.3 Å². The van der Waals surface area contributed by atoms with Crippen LogP contribution in [0.15, 0.2) is 41.5 Å². The van der Waals surface area contributed by atoms with Crippen LogP contribution in [0.4, 0.5) is 5.69 Å². The van der Waals surface area contributed by atoms with E-state index in [9.17, 15) is 10.2 Å². The van der Waals surface area contributed by atoms with Crippen molar-refractivity contribution in [3.8, 4) is 5.75 Å². The average molecular weight is 366 g/mol. The SMILES string of the molecule is OCCN1CCN(C(c2ccccn2)c2ccc3c(c2O)N=CCC3)CC1. The number of hydrogen-bond donors (Lipinski definition) is 2. The van der Waals surface area contributed by atoms with Crippen molar-refractivity contribution in [3.05, 3.63) is 53.3 Å². The highest BCUT2D eigenvalue weighted by molar-refractivity contribution is 5.74. The topological polar surface area (TPSA) is 72.2 Å². The van der Waals surface area contributed by atoms with Crippen LogP contribution in [0.2, 0.25) is 0 Å². The summed E-state index contributed by atoms with van der Waals surface area (Å²) in [5, 5.41) is 20.2. The first-order valence-electron chi connectivity index (χ1n) is 9.63. The maximum atomic E-state index is 11.0. The first-order chi connectivity index (χ1) is 13.3. The highest BCUT2D eigenvalue weighted by Gasteiger charge is 2.30. The zero-order valence-corrected chi connectivity index (χ0v) is 15.5. The number of aliphatic hydroxyl groups excluding tert-OH is 1. The summed E-state index contributed by atoms with van der Waals surface area (Å²) < 4.78 is 0. The summed E-state index contributed by atoms with van der Waals surface area (Å²) in [6, 6.07) is 9.95. The van der Waals surface area contributed by atoms with Crippen LogP contribution in [0.25, 0.3) is 0 Å². The fourth-order valence-electron chi connectivity index (χ4n) is 4.05. The summed E-state index contributed by atoms with van der Waals surface area (Å²) in [4.78, 5) is 13.7. The summed E-state index contributed by atoms with van der Waals surface area (Å²) in [6.07, 6.45) is 5.52. The minimum atomic E-state index is -0.107. The molecule has 2 aliphatic rings. The van der Waals surface area contributed by atoms with Crippen molar-refractivity contribution in [2.45, 2.75) is 18.9 Å². The number of rotatable bonds is 5. The van der Waals surface area contributed by atoms with Crippen LogP contribution in [-0.2, 0) is 6.42 Å². The number of hydrogen-bond acceptors (Lipinski definition) is 6. The van der Waals surface area contributed by atoms with Gasteiger partial charge in [-0.2, -0.15) is 0 Å². The van der Waals surface area contributed by atoms with E-state index in [1.54, 1.807) is 6.20 Å². The number of aliphatic imine (C=N–C) groups is 1. The highest BCUT2D eigenvalue weighted by Crippen LogP contribution is 2.42. The number of aliphatic hydroxyl groups is 1. The number of piperazine rings is 1. The molecule has 0 saturated carbocycles. The van der Waals surface area contributed by atoms with Gasteiger partial charge in [0.05, 0.1) is 18.3 Å². The molecule has 1 aromatic carbocycles. The molecule has 0 aliphatic carbocycles. The van der Waals surface area contributed by atoms with Gasteiger partial charge in [-0.05, 0) is 30.5 Å². The van der Waals surface area contributed by atoms with Crippen molar-refractivity contribution in [1.29, 1.82) is 0 Å². The van der Waals surface area contributed by atoms with Crippen molar-refractivity contribution < 1.29 is 10.2 Å². The van der Waals surface area contributed by atoms with Gasteiger partial charge in [0.2, 0.25) is 0 Å². The molecule has 0 radical (unpaired) electrons. The largest absolute Gasteiger partial charge is 0.505 e. The van der Waals surface area contributed by atoms with E-state index in [1.165, 1.54) is 0 Å². The Labute approximate surface area is 159 Å². The monoisotopic (exact) mass is 366 g/mol. The van der Waals surface area contributed by atoms with Crippen LogP contribution in [0.3, 0.4) is 0 Å². The second-order valence-corrected chi connectivity index (χ2v) is 7.12. The number of aromatic nitrogens is 1. The van der Waals surface area contributed by atoms with E-state index in [0.29, 0.717) is 12.2 Å². The molecule has 1 aromatic heterocycles. The Morgan fingerprint density at radius 2 is 1.93 bits per heavy atom. The van der Waals surface area contributed by atoms with E-state index >= 15 is 0 Å². The third kappa shape index (κ3) is 3.74. The molecule has 0 spiro atoms. The van der Waals surface area contributed by atoms with E-state index in [-0.39, 0.29) is 18.4 Å². The molecule has 0 bridgehead atoms. The van der Waals surface area contributed by atoms with Crippen LogP contribution in [-0.4, -0.2) is 70.5 Å². The van der Waals surface area contributed by atoms with E-state index < -0.39 is 0 Å². The standard InChI is InChI=1S/C21H26N4O2/c26-15-14-24-10-12-25(13-11-24)20(18-5-1-2-8-22-18)17-7-6-16-4-3-9-23-19(16)21(17)27/h1-2,5-9,20,26-27H,3-4,10-15H2. The quantitative estimate of drug-likeness (QED) is 0.848. The zero-order valence-electron chi connectivity index (χ0n) is 15.5. The van der Waals surface area contributed by atoms with Crippen molar-refractivity contribution in [1.82, 2.24) is 14.8 Å². The predicted molar refractivity (Wildman–Crippen MR) is 106 cm³/mol. The molecule has 27 heavy (non-hydrogen) atoms. The number of fused-ring (bicyclic) bond motifs is 1. The van der Waals surface area contributed by atoms with Crippen molar-refractivity contribution in [2.24, 2.45) is 4.99 Å². The van der Waals surface area contributed by atoms with E-state index in [1.807, 2.05) is 30.5 Å². The van der Waals surface area contributed by atoms with Crippen LogP contribution in [0.5, 0.6) is 5.75 Å². The maximum Gasteiger partial charge on any atom is 0.146 e. The van der Waals surface area contributed by atoms with Gasteiger partial charge < -0.3 is 10.2 Å². The smallest absolute Gasteiger partial charge is 0.146 e. The van der Waals surface area contributed by atoms with Gasteiger partial charge in [0.25, 0.3) is 0 Å². The number of aryl methyl sites for hydroxylation is 1. The molecule has 1 saturated heterocycles. The average Bonchev–Trinajstić information content (AvgIpc) is 2.72. The number of benzene rings is 1. The third-order valence-corrected chi connectivity index (χ3v) is 5.48. The first-order valence-corrected chi connectivity index (χ1v) is 9.63. The lowest BCUT2D eigenvalue weighted by atomic mass is 9.94. The number of β-amino-alcohol motifs (C(OH)–C–C–N with tert-alkyl or cyclic N) is 1. The number of aromatic hydroxyl groups is 1. The van der Waals surface area contributed by atoms with Gasteiger partial charge in [-0.25, -0.2) is 0 Å². The number of pyridine rings is 1. The Balaban J connectivity index is 1.69. The number of phenols is 1. The highest BCUT2D eigenvalue weighted by atomic mass is 16.3. The summed E-state index contributed by atoms with van der Waals surface area (Å²) in [5.41, 5.74) is 3.61. The molecule has 4 rings (SSSR count). The van der Waals surface area contributed by atoms with Crippen LogP contribution in [0, 0.1) is 0 Å². The first kappa shape index (κ1) is 18.1. The lowest BCUT2D eigenvalue weighted by Crippen LogP contribution is -2.48. The van der Waals surface area contributed by atoms with Gasteiger partial charge in [-0.3, -0.25) is 19.8 Å². The van der Waals surface area contributed by atoms with Gasteiger partial charge in [-0.1, -0.05) is 18.2 Å². The van der Waals surface area contributed by atoms with Crippen molar-refractivity contribution in [3.63, 3.8) is 0 Å². The summed E-state index contributed by atoms with van der Waals surface area (Å²) in [5.74, 6) is 0.275. The number of nitrogens with zero attached hydrogens (tertiary/aromatic N) is 4. The molecule has 6 heteroatoms.